The van der Waals surface area contributed by atoms with E-state index in [1.807, 2.05) is 53.2 Å². The van der Waals surface area contributed by atoms with Crippen LogP contribution in [0.3, 0.4) is 0 Å². The molecule has 0 saturated heterocycles. The van der Waals surface area contributed by atoms with Gasteiger partial charge in [0.1, 0.15) is 11.6 Å². The second-order valence-electron chi connectivity index (χ2n) is 10.7. The van der Waals surface area contributed by atoms with E-state index in [1.54, 1.807) is 13.3 Å². The molecule has 220 valence electrons. The van der Waals surface area contributed by atoms with Crippen LogP contribution in [0.5, 0.6) is 17.2 Å². The molecule has 0 saturated carbocycles. The molecule has 0 atom stereocenters. The summed E-state index contributed by atoms with van der Waals surface area (Å²) in [6.45, 7) is 8.47. The number of ether oxygens (including phenoxy) is 2. The topological polar surface area (TPSA) is 54.1 Å². The molecular weight excluding hydrogens is 639 g/mol. The largest absolute Gasteiger partial charge is 2.00 e. The third kappa shape index (κ3) is 4.99. The van der Waals surface area contributed by atoms with Crippen molar-refractivity contribution in [3.63, 3.8) is 0 Å². The Balaban J connectivity index is 0.00000343. The van der Waals surface area contributed by atoms with Crippen LogP contribution in [-0.2, 0) is 20.4 Å². The normalized spacial score (nSPS) is 11.1. The van der Waals surface area contributed by atoms with Crippen molar-refractivity contribution >= 4 is 21.8 Å². The number of fused-ring (bicyclic) bond motifs is 3. The van der Waals surface area contributed by atoms with Gasteiger partial charge in [-0.1, -0.05) is 41.9 Å². The van der Waals surface area contributed by atoms with Crippen LogP contribution in [0.2, 0.25) is 0 Å². The Morgan fingerprint density at radius 2 is 1.48 bits per heavy atom. The van der Waals surface area contributed by atoms with E-state index in [0.29, 0.717) is 11.5 Å². The Kier molecular flexibility index (Phi) is 7.86. The van der Waals surface area contributed by atoms with Gasteiger partial charge in [-0.2, -0.15) is 17.2 Å². The van der Waals surface area contributed by atoms with Crippen molar-refractivity contribution in [3.05, 3.63) is 126 Å². The molecule has 0 N–H and O–H groups in total. The zero-order chi connectivity index (χ0) is 29.7. The first-order valence-electron chi connectivity index (χ1n) is 14.2. The maximum Gasteiger partial charge on any atom is 2.00 e. The van der Waals surface area contributed by atoms with E-state index in [0.717, 1.165) is 56.0 Å². The van der Waals surface area contributed by atoms with Crippen molar-refractivity contribution in [2.45, 2.75) is 27.7 Å². The molecule has 6 nitrogen and oxygen atoms in total. The Bertz CT molecular complexity index is 2140. The molecule has 7 aromatic rings. The van der Waals surface area contributed by atoms with Crippen molar-refractivity contribution < 1.29 is 29.9 Å². The third-order valence-electron chi connectivity index (χ3n) is 7.96. The van der Waals surface area contributed by atoms with Crippen LogP contribution < -0.4 is 9.47 Å². The molecule has 0 radical (unpaired) electrons. The Morgan fingerprint density at radius 1 is 0.727 bits per heavy atom. The molecule has 44 heavy (non-hydrogen) atoms. The van der Waals surface area contributed by atoms with E-state index in [-0.39, 0.29) is 20.4 Å². The van der Waals surface area contributed by atoms with Crippen LogP contribution in [0.25, 0.3) is 44.4 Å². The zero-order valence-corrected chi connectivity index (χ0v) is 26.6. The fraction of sp³-hybridized carbons (Fsp3) is 0.135. The van der Waals surface area contributed by atoms with Gasteiger partial charge in [0.25, 0.3) is 0 Å². The smallest absolute Gasteiger partial charge is 0.509 e. The quantitative estimate of drug-likeness (QED) is 0.132. The minimum Gasteiger partial charge on any atom is -0.509 e. The molecule has 0 aliphatic carbocycles. The molecule has 4 aromatic carbocycles. The molecule has 0 unspecified atom stereocenters. The van der Waals surface area contributed by atoms with E-state index < -0.39 is 0 Å². The van der Waals surface area contributed by atoms with E-state index in [4.69, 9.17) is 14.6 Å². The van der Waals surface area contributed by atoms with Crippen molar-refractivity contribution in [3.8, 4) is 39.9 Å². The summed E-state index contributed by atoms with van der Waals surface area (Å²) in [4.78, 5) is 4.65. The predicted octanol–water partition coefficient (Wildman–Crippen LogP) is 8.66. The molecule has 0 aliphatic heterocycles. The summed E-state index contributed by atoms with van der Waals surface area (Å²) in [7, 11) is 1.66. The van der Waals surface area contributed by atoms with E-state index >= 15 is 0 Å². The van der Waals surface area contributed by atoms with Gasteiger partial charge in [0.05, 0.1) is 12.8 Å². The summed E-state index contributed by atoms with van der Waals surface area (Å²) in [5.41, 5.74) is 9.62. The first-order chi connectivity index (χ1) is 20.9. The molecule has 7 heteroatoms. The number of aromatic nitrogens is 4. The third-order valence-corrected chi connectivity index (χ3v) is 7.96. The van der Waals surface area contributed by atoms with Gasteiger partial charge >= 0.3 is 20.4 Å². The standard InChI is InChI=1S/C37H30N4O2.Pd/c1-23-10-8-11-24(2)36(23)37-25(3)39-41(26(37)4)27-12-9-13-29(20-27)43-30-16-17-32-31-14-6-7-15-33(31)40(34(32)21-30)35-22-28(42-5)18-19-38-35;/h6-19,22H,1-5H3;/q-2;+2. The minimum absolute atomic E-state index is 0. The number of nitrogens with zero attached hydrogens (tertiary/aromatic N) is 4. The maximum atomic E-state index is 6.37. The van der Waals surface area contributed by atoms with Gasteiger partial charge in [-0.3, -0.25) is 4.68 Å². The zero-order valence-electron chi connectivity index (χ0n) is 25.1. The average Bonchev–Trinajstić information content (AvgIpc) is 3.50. The molecule has 0 aliphatic rings. The van der Waals surface area contributed by atoms with Crippen LogP contribution in [-0.4, -0.2) is 26.4 Å². The number of hydrogen-bond donors (Lipinski definition) is 0. The van der Waals surface area contributed by atoms with Gasteiger partial charge in [0.15, 0.2) is 0 Å². The molecular formula is C37H30N4O2Pd. The van der Waals surface area contributed by atoms with Crippen molar-refractivity contribution in [2.75, 3.05) is 7.11 Å². The Morgan fingerprint density at radius 3 is 2.27 bits per heavy atom. The first kappa shape index (κ1) is 29.4. The summed E-state index contributed by atoms with van der Waals surface area (Å²) in [6, 6.07) is 35.2. The van der Waals surface area contributed by atoms with Crippen molar-refractivity contribution in [1.82, 2.24) is 19.3 Å². The number of para-hydroxylation sites is 1. The van der Waals surface area contributed by atoms with Crippen molar-refractivity contribution in [2.24, 2.45) is 0 Å². The average molecular weight is 669 g/mol. The van der Waals surface area contributed by atoms with E-state index in [1.165, 1.54) is 16.7 Å². The van der Waals surface area contributed by atoms with Gasteiger partial charge in [-0.25, -0.2) is 4.98 Å². The molecule has 0 amide bonds. The predicted molar refractivity (Wildman–Crippen MR) is 171 cm³/mol. The second kappa shape index (κ2) is 11.8. The first-order valence-corrected chi connectivity index (χ1v) is 14.2. The van der Waals surface area contributed by atoms with Gasteiger partial charge in [0.2, 0.25) is 0 Å². The van der Waals surface area contributed by atoms with Gasteiger partial charge < -0.3 is 14.0 Å². The van der Waals surface area contributed by atoms with Gasteiger partial charge in [-0.05, 0) is 67.6 Å². The maximum absolute atomic E-state index is 6.37. The number of hydrogen-bond acceptors (Lipinski definition) is 4. The molecule has 0 spiro atoms. The monoisotopic (exact) mass is 668 g/mol. The molecule has 0 fully saturated rings. The van der Waals surface area contributed by atoms with Gasteiger partial charge in [0, 0.05) is 40.5 Å². The summed E-state index contributed by atoms with van der Waals surface area (Å²) < 4.78 is 15.9. The number of rotatable bonds is 6. The Hall–Kier alpha value is -4.70. The Labute approximate surface area is 270 Å². The molecule has 3 aromatic heterocycles. The number of pyridine rings is 1. The fourth-order valence-corrected chi connectivity index (χ4v) is 6.01. The van der Waals surface area contributed by atoms with Gasteiger partial charge in [-0.15, -0.1) is 35.7 Å². The summed E-state index contributed by atoms with van der Waals surface area (Å²) in [6.07, 6.45) is 1.75. The van der Waals surface area contributed by atoms with Crippen LogP contribution >= 0.6 is 0 Å². The minimum atomic E-state index is 0. The van der Waals surface area contributed by atoms with Crippen molar-refractivity contribution in [1.29, 1.82) is 0 Å². The van der Waals surface area contributed by atoms with Crippen LogP contribution in [0.1, 0.15) is 22.5 Å². The van der Waals surface area contributed by atoms with E-state index in [2.05, 4.69) is 85.8 Å². The summed E-state index contributed by atoms with van der Waals surface area (Å²) >= 11 is 0. The number of benzene rings is 4. The van der Waals surface area contributed by atoms with Crippen LogP contribution in [0.4, 0.5) is 0 Å². The fourth-order valence-electron chi connectivity index (χ4n) is 6.01. The SMILES string of the molecule is COc1ccnc(-n2c3[c-]c(Oc4[c-]c(-n5nc(C)c(-c6c(C)cccc6C)c5C)ccc4)ccc3c3ccccc32)c1.[Pd+2]. The van der Waals surface area contributed by atoms with E-state index in [9.17, 15) is 0 Å². The molecule has 7 rings (SSSR count). The van der Waals surface area contributed by atoms with Crippen LogP contribution in [0.15, 0.2) is 91.1 Å². The molecule has 0 bridgehead atoms. The summed E-state index contributed by atoms with van der Waals surface area (Å²) in [5.74, 6) is 2.64. The number of aryl methyl sites for hydroxylation is 3. The number of methoxy groups -OCH3 is 1. The molecule has 3 heterocycles. The van der Waals surface area contributed by atoms with Crippen LogP contribution in [0, 0.1) is 39.8 Å². The summed E-state index contributed by atoms with van der Waals surface area (Å²) in [5, 5.41) is 7.09. The second-order valence-corrected chi connectivity index (χ2v) is 10.7.